The molecule has 1 N–H and O–H groups in total. The molecule has 1 aliphatic heterocycles. The molecule has 0 bridgehead atoms. The molecule has 1 aromatic rings. The Balaban J connectivity index is 1.91. The van der Waals surface area contributed by atoms with E-state index >= 15 is 0 Å². The third kappa shape index (κ3) is 4.07. The van der Waals surface area contributed by atoms with Gasteiger partial charge in [-0.05, 0) is 12.0 Å². The van der Waals surface area contributed by atoms with Crippen LogP contribution in [0.1, 0.15) is 18.4 Å². The number of carbonyl (C=O) groups is 3. The summed E-state index contributed by atoms with van der Waals surface area (Å²) in [5.41, 5.74) is 1.04. The number of nitrogens with zero attached hydrogens (tertiary/aromatic N) is 2. The van der Waals surface area contributed by atoms with Gasteiger partial charge in [-0.15, -0.1) is 0 Å². The van der Waals surface area contributed by atoms with Crippen LogP contribution in [0.3, 0.4) is 0 Å². The third-order valence-electron chi connectivity index (χ3n) is 3.84. The van der Waals surface area contributed by atoms with E-state index in [0.29, 0.717) is 19.5 Å². The molecule has 0 radical (unpaired) electrons. The summed E-state index contributed by atoms with van der Waals surface area (Å²) in [5.74, 6) is -1.71. The fraction of sp³-hybridized carbons (Fsp3) is 0.438. The standard InChI is InChI=1S/C16H20N2O4/c1-17(10-12-5-3-2-4-6-12)16(22)13-7-8-18(11-15(20)21)14(19)9-13/h2-6,13H,7-11H2,1H3,(H,20,21). The highest BCUT2D eigenvalue weighted by Gasteiger charge is 2.32. The molecule has 1 fully saturated rings. The summed E-state index contributed by atoms with van der Waals surface area (Å²) in [4.78, 5) is 37.9. The number of likely N-dealkylation sites (tertiary alicyclic amines) is 1. The SMILES string of the molecule is CN(Cc1ccccc1)C(=O)C1CCN(CC(=O)O)C(=O)C1. The van der Waals surface area contributed by atoms with E-state index in [4.69, 9.17) is 5.11 Å². The van der Waals surface area contributed by atoms with Crippen LogP contribution in [0.4, 0.5) is 0 Å². The molecule has 1 aliphatic rings. The Morgan fingerprint density at radius 1 is 1.32 bits per heavy atom. The number of benzene rings is 1. The zero-order valence-corrected chi connectivity index (χ0v) is 12.6. The average molecular weight is 304 g/mol. The van der Waals surface area contributed by atoms with Gasteiger partial charge in [-0.3, -0.25) is 14.4 Å². The van der Waals surface area contributed by atoms with Crippen molar-refractivity contribution in [2.45, 2.75) is 19.4 Å². The Kier molecular flexibility index (Phi) is 5.14. The van der Waals surface area contributed by atoms with E-state index in [-0.39, 0.29) is 30.7 Å². The highest BCUT2D eigenvalue weighted by atomic mass is 16.4. The van der Waals surface area contributed by atoms with Crippen molar-refractivity contribution >= 4 is 17.8 Å². The second-order valence-electron chi connectivity index (χ2n) is 5.58. The van der Waals surface area contributed by atoms with E-state index < -0.39 is 5.97 Å². The van der Waals surface area contributed by atoms with Crippen LogP contribution in [0.5, 0.6) is 0 Å². The maximum Gasteiger partial charge on any atom is 0.323 e. The lowest BCUT2D eigenvalue weighted by molar-refractivity contribution is -0.149. The molecule has 0 spiro atoms. The molecule has 6 nitrogen and oxygen atoms in total. The van der Waals surface area contributed by atoms with Crippen molar-refractivity contribution in [2.75, 3.05) is 20.1 Å². The minimum Gasteiger partial charge on any atom is -0.480 e. The van der Waals surface area contributed by atoms with Crippen LogP contribution in [0.2, 0.25) is 0 Å². The minimum absolute atomic E-state index is 0.0628. The molecule has 1 unspecified atom stereocenters. The van der Waals surface area contributed by atoms with Crippen molar-refractivity contribution in [3.8, 4) is 0 Å². The lowest BCUT2D eigenvalue weighted by atomic mass is 9.94. The fourth-order valence-corrected chi connectivity index (χ4v) is 2.67. The zero-order valence-electron chi connectivity index (χ0n) is 12.6. The molecule has 2 rings (SSSR count). The number of hydrogen-bond acceptors (Lipinski definition) is 3. The van der Waals surface area contributed by atoms with Gasteiger partial charge in [-0.1, -0.05) is 30.3 Å². The first-order valence-corrected chi connectivity index (χ1v) is 7.26. The summed E-state index contributed by atoms with van der Waals surface area (Å²) >= 11 is 0. The Bertz CT molecular complexity index is 559. The van der Waals surface area contributed by atoms with Crippen molar-refractivity contribution in [1.29, 1.82) is 0 Å². The van der Waals surface area contributed by atoms with Crippen molar-refractivity contribution < 1.29 is 19.5 Å². The van der Waals surface area contributed by atoms with Crippen LogP contribution in [0, 0.1) is 5.92 Å². The fourth-order valence-electron chi connectivity index (χ4n) is 2.67. The van der Waals surface area contributed by atoms with Gasteiger partial charge in [0.15, 0.2) is 0 Å². The molecule has 118 valence electrons. The van der Waals surface area contributed by atoms with E-state index in [1.54, 1.807) is 11.9 Å². The Labute approximate surface area is 129 Å². The summed E-state index contributed by atoms with van der Waals surface area (Å²) in [5, 5.41) is 8.74. The van der Waals surface area contributed by atoms with Gasteiger partial charge in [-0.2, -0.15) is 0 Å². The molecule has 0 saturated carbocycles. The smallest absolute Gasteiger partial charge is 0.323 e. The number of carboxylic acids is 1. The van der Waals surface area contributed by atoms with Gasteiger partial charge in [0, 0.05) is 32.5 Å². The van der Waals surface area contributed by atoms with Gasteiger partial charge < -0.3 is 14.9 Å². The predicted molar refractivity (Wildman–Crippen MR) is 79.9 cm³/mol. The van der Waals surface area contributed by atoms with Crippen molar-refractivity contribution in [1.82, 2.24) is 9.80 Å². The van der Waals surface area contributed by atoms with E-state index in [1.165, 1.54) is 4.90 Å². The lowest BCUT2D eigenvalue weighted by Crippen LogP contribution is -2.45. The number of rotatable bonds is 5. The Morgan fingerprint density at radius 3 is 2.59 bits per heavy atom. The monoisotopic (exact) mass is 304 g/mol. The predicted octanol–water partition coefficient (Wildman–Crippen LogP) is 0.968. The first kappa shape index (κ1) is 16.0. The van der Waals surface area contributed by atoms with Crippen LogP contribution in [-0.2, 0) is 20.9 Å². The topological polar surface area (TPSA) is 77.9 Å². The molecule has 1 saturated heterocycles. The summed E-state index contributed by atoms with van der Waals surface area (Å²) in [6.45, 7) is 0.531. The largest absolute Gasteiger partial charge is 0.480 e. The molecule has 22 heavy (non-hydrogen) atoms. The molecule has 1 atom stereocenters. The van der Waals surface area contributed by atoms with E-state index in [2.05, 4.69) is 0 Å². The maximum atomic E-state index is 12.4. The zero-order chi connectivity index (χ0) is 16.1. The second kappa shape index (κ2) is 7.06. The highest BCUT2D eigenvalue weighted by molar-refractivity contribution is 5.88. The van der Waals surface area contributed by atoms with Crippen molar-refractivity contribution in [3.05, 3.63) is 35.9 Å². The highest BCUT2D eigenvalue weighted by Crippen LogP contribution is 2.21. The van der Waals surface area contributed by atoms with E-state index in [0.717, 1.165) is 5.56 Å². The Hall–Kier alpha value is -2.37. The molecule has 6 heteroatoms. The summed E-state index contributed by atoms with van der Waals surface area (Å²) in [6, 6.07) is 9.65. The lowest BCUT2D eigenvalue weighted by Gasteiger charge is -2.32. The van der Waals surface area contributed by atoms with Gasteiger partial charge in [0.1, 0.15) is 6.54 Å². The first-order chi connectivity index (χ1) is 10.5. The van der Waals surface area contributed by atoms with Crippen LogP contribution >= 0.6 is 0 Å². The van der Waals surface area contributed by atoms with Gasteiger partial charge in [0.25, 0.3) is 0 Å². The quantitative estimate of drug-likeness (QED) is 0.879. The van der Waals surface area contributed by atoms with Crippen molar-refractivity contribution in [3.63, 3.8) is 0 Å². The van der Waals surface area contributed by atoms with Crippen LogP contribution in [-0.4, -0.2) is 52.8 Å². The number of aliphatic carboxylic acids is 1. The number of carbonyl (C=O) groups excluding carboxylic acids is 2. The molecule has 1 heterocycles. The van der Waals surface area contributed by atoms with Crippen LogP contribution in [0.15, 0.2) is 30.3 Å². The number of hydrogen-bond donors (Lipinski definition) is 1. The van der Waals surface area contributed by atoms with Crippen LogP contribution in [0.25, 0.3) is 0 Å². The van der Waals surface area contributed by atoms with Gasteiger partial charge >= 0.3 is 5.97 Å². The molecule has 1 aromatic carbocycles. The minimum atomic E-state index is -1.03. The van der Waals surface area contributed by atoms with Crippen LogP contribution < -0.4 is 0 Å². The van der Waals surface area contributed by atoms with Gasteiger partial charge in [0.2, 0.25) is 11.8 Å². The molecular weight excluding hydrogens is 284 g/mol. The van der Waals surface area contributed by atoms with Gasteiger partial charge in [0.05, 0.1) is 0 Å². The van der Waals surface area contributed by atoms with Crippen molar-refractivity contribution in [2.24, 2.45) is 5.92 Å². The summed E-state index contributed by atoms with van der Waals surface area (Å²) in [6.07, 6.45) is 0.599. The molecular formula is C16H20N2O4. The summed E-state index contributed by atoms with van der Waals surface area (Å²) < 4.78 is 0. The number of piperidine rings is 1. The molecule has 0 aromatic heterocycles. The average Bonchev–Trinajstić information content (AvgIpc) is 2.49. The maximum absolute atomic E-state index is 12.4. The number of carboxylic acid groups (broad SMARTS) is 1. The number of amides is 2. The van der Waals surface area contributed by atoms with Gasteiger partial charge in [-0.25, -0.2) is 0 Å². The second-order valence-corrected chi connectivity index (χ2v) is 5.58. The first-order valence-electron chi connectivity index (χ1n) is 7.26. The van der Waals surface area contributed by atoms with E-state index in [1.807, 2.05) is 30.3 Å². The normalized spacial score (nSPS) is 18.1. The molecule has 2 amide bonds. The summed E-state index contributed by atoms with van der Waals surface area (Å²) in [7, 11) is 1.73. The third-order valence-corrected chi connectivity index (χ3v) is 3.84. The molecule has 0 aliphatic carbocycles. The Morgan fingerprint density at radius 2 is 2.00 bits per heavy atom. The van der Waals surface area contributed by atoms with E-state index in [9.17, 15) is 14.4 Å².